The molecule has 19 heavy (non-hydrogen) atoms. The molecule has 98 valence electrons. The van der Waals surface area contributed by atoms with Crippen LogP contribution in [-0.4, -0.2) is 19.3 Å². The maximum atomic E-state index is 4.53. The fraction of sp³-hybridized carbons (Fsp3) is 0.286. The number of aromatic nitrogens is 4. The van der Waals surface area contributed by atoms with Crippen LogP contribution in [0.3, 0.4) is 0 Å². The normalized spacial score (nSPS) is 11.3. The first-order valence-electron chi connectivity index (χ1n) is 6.30. The Hall–Kier alpha value is -1.62. The van der Waals surface area contributed by atoms with E-state index in [9.17, 15) is 0 Å². The van der Waals surface area contributed by atoms with E-state index < -0.39 is 0 Å². The summed E-state index contributed by atoms with van der Waals surface area (Å²) in [6.45, 7) is 2.88. The molecule has 4 nitrogen and oxygen atoms in total. The van der Waals surface area contributed by atoms with E-state index in [0.29, 0.717) is 0 Å². The maximum Gasteiger partial charge on any atom is 0.0962 e. The van der Waals surface area contributed by atoms with Crippen molar-refractivity contribution in [2.24, 2.45) is 7.05 Å². The second-order valence-electron chi connectivity index (χ2n) is 4.55. The molecule has 0 radical (unpaired) electrons. The van der Waals surface area contributed by atoms with Gasteiger partial charge in [-0.05, 0) is 34.5 Å². The van der Waals surface area contributed by atoms with Crippen LogP contribution in [0.25, 0.3) is 11.0 Å². The number of aryl methyl sites for hydroxylation is 2. The lowest BCUT2D eigenvalue weighted by Gasteiger charge is -2.05. The Labute approximate surface area is 120 Å². The second-order valence-corrected chi connectivity index (χ2v) is 5.34. The van der Waals surface area contributed by atoms with Gasteiger partial charge in [0.25, 0.3) is 0 Å². The van der Waals surface area contributed by atoms with Gasteiger partial charge in [0, 0.05) is 7.05 Å². The molecule has 0 bridgehead atoms. The van der Waals surface area contributed by atoms with Crippen molar-refractivity contribution in [1.29, 1.82) is 0 Å². The highest BCUT2D eigenvalue weighted by molar-refractivity contribution is 9.10. The lowest BCUT2D eigenvalue weighted by Crippen LogP contribution is -2.05. The van der Waals surface area contributed by atoms with Crippen molar-refractivity contribution in [3.63, 3.8) is 0 Å². The zero-order chi connectivity index (χ0) is 13.4. The molecule has 3 aromatic rings. The summed E-state index contributed by atoms with van der Waals surface area (Å²) in [5.41, 5.74) is 4.44. The van der Waals surface area contributed by atoms with Crippen LogP contribution in [0.1, 0.15) is 18.3 Å². The lowest BCUT2D eigenvalue weighted by atomic mass is 10.3. The Morgan fingerprint density at radius 2 is 2.05 bits per heavy atom. The molecule has 0 amide bonds. The van der Waals surface area contributed by atoms with Crippen molar-refractivity contribution in [3.8, 4) is 0 Å². The summed E-state index contributed by atoms with van der Waals surface area (Å²) in [7, 11) is 1.98. The Kier molecular flexibility index (Phi) is 3.14. The minimum Gasteiger partial charge on any atom is -0.324 e. The van der Waals surface area contributed by atoms with Crippen LogP contribution in [0, 0.1) is 0 Å². The van der Waals surface area contributed by atoms with E-state index in [0.717, 1.165) is 34.2 Å². The zero-order valence-electron chi connectivity index (χ0n) is 11.0. The molecule has 3 rings (SSSR count). The molecular formula is C14H15BrN4. The predicted octanol–water partition coefficient (Wildman–Crippen LogP) is 3.14. The van der Waals surface area contributed by atoms with E-state index in [-0.39, 0.29) is 0 Å². The third-order valence-electron chi connectivity index (χ3n) is 3.35. The van der Waals surface area contributed by atoms with Gasteiger partial charge in [-0.1, -0.05) is 19.1 Å². The Morgan fingerprint density at radius 3 is 2.79 bits per heavy atom. The summed E-state index contributed by atoms with van der Waals surface area (Å²) in [6.07, 6.45) is 2.81. The van der Waals surface area contributed by atoms with Crippen LogP contribution < -0.4 is 0 Å². The van der Waals surface area contributed by atoms with Gasteiger partial charge in [0.05, 0.1) is 39.8 Å². The molecule has 0 aliphatic carbocycles. The summed E-state index contributed by atoms with van der Waals surface area (Å²) in [6, 6.07) is 8.17. The third kappa shape index (κ3) is 2.08. The van der Waals surface area contributed by atoms with Gasteiger partial charge in [0.15, 0.2) is 0 Å². The highest BCUT2D eigenvalue weighted by atomic mass is 79.9. The van der Waals surface area contributed by atoms with E-state index in [1.165, 1.54) is 5.69 Å². The molecule has 0 aliphatic heterocycles. The topological polar surface area (TPSA) is 35.6 Å². The first-order valence-corrected chi connectivity index (χ1v) is 7.10. The van der Waals surface area contributed by atoms with E-state index in [1.54, 1.807) is 0 Å². The molecule has 0 unspecified atom stereocenters. The van der Waals surface area contributed by atoms with Crippen molar-refractivity contribution in [1.82, 2.24) is 19.3 Å². The van der Waals surface area contributed by atoms with Crippen LogP contribution in [0.2, 0.25) is 0 Å². The molecule has 0 fully saturated rings. The number of imidazole rings is 1. The van der Waals surface area contributed by atoms with Gasteiger partial charge in [0.1, 0.15) is 0 Å². The largest absolute Gasteiger partial charge is 0.324 e. The fourth-order valence-corrected chi connectivity index (χ4v) is 3.03. The van der Waals surface area contributed by atoms with E-state index >= 15 is 0 Å². The summed E-state index contributed by atoms with van der Waals surface area (Å²) in [4.78, 5) is 4.42. The highest BCUT2D eigenvalue weighted by Crippen LogP contribution is 2.23. The summed E-state index contributed by atoms with van der Waals surface area (Å²) >= 11 is 3.66. The van der Waals surface area contributed by atoms with E-state index in [4.69, 9.17) is 0 Å². The number of para-hydroxylation sites is 2. The Balaban J connectivity index is 2.04. The molecule has 2 aromatic heterocycles. The van der Waals surface area contributed by atoms with Crippen LogP contribution in [0.4, 0.5) is 0 Å². The molecule has 0 saturated heterocycles. The van der Waals surface area contributed by atoms with Gasteiger partial charge in [-0.15, -0.1) is 0 Å². The van der Waals surface area contributed by atoms with Gasteiger partial charge >= 0.3 is 0 Å². The molecule has 0 saturated carbocycles. The van der Waals surface area contributed by atoms with Gasteiger partial charge < -0.3 is 4.57 Å². The molecule has 1 aromatic carbocycles. The molecule has 2 heterocycles. The van der Waals surface area contributed by atoms with Crippen molar-refractivity contribution in [2.45, 2.75) is 19.9 Å². The van der Waals surface area contributed by atoms with Crippen molar-refractivity contribution in [3.05, 3.63) is 46.5 Å². The van der Waals surface area contributed by atoms with E-state index in [2.05, 4.69) is 43.6 Å². The number of fused-ring (bicyclic) bond motifs is 1. The average Bonchev–Trinajstić information content (AvgIpc) is 2.95. The van der Waals surface area contributed by atoms with Gasteiger partial charge in [0.2, 0.25) is 0 Å². The number of nitrogens with zero attached hydrogens (tertiary/aromatic N) is 4. The number of benzene rings is 1. The van der Waals surface area contributed by atoms with Crippen LogP contribution in [0.15, 0.2) is 35.1 Å². The molecule has 0 spiro atoms. The fourth-order valence-electron chi connectivity index (χ4n) is 2.29. The Morgan fingerprint density at radius 1 is 1.26 bits per heavy atom. The van der Waals surface area contributed by atoms with Crippen molar-refractivity contribution < 1.29 is 0 Å². The SMILES string of the molecule is CCc1nn(C)c(Cn2cnc3ccccc32)c1Br. The van der Waals surface area contributed by atoms with Crippen molar-refractivity contribution >= 4 is 27.0 Å². The number of hydrogen-bond donors (Lipinski definition) is 0. The average molecular weight is 319 g/mol. The lowest BCUT2D eigenvalue weighted by molar-refractivity contribution is 0.666. The first kappa shape index (κ1) is 12.4. The zero-order valence-corrected chi connectivity index (χ0v) is 12.6. The molecule has 0 N–H and O–H groups in total. The monoisotopic (exact) mass is 318 g/mol. The van der Waals surface area contributed by atoms with Crippen LogP contribution >= 0.6 is 15.9 Å². The van der Waals surface area contributed by atoms with Gasteiger partial charge in [-0.2, -0.15) is 5.10 Å². The van der Waals surface area contributed by atoms with Crippen LogP contribution in [-0.2, 0) is 20.0 Å². The number of halogens is 1. The highest BCUT2D eigenvalue weighted by Gasteiger charge is 2.13. The molecule has 0 atom stereocenters. The minimum atomic E-state index is 0.768. The Bertz CT molecular complexity index is 726. The number of hydrogen-bond acceptors (Lipinski definition) is 2. The molecular weight excluding hydrogens is 304 g/mol. The first-order chi connectivity index (χ1) is 9.20. The molecule has 5 heteroatoms. The summed E-state index contributed by atoms with van der Waals surface area (Å²) < 4.78 is 5.20. The summed E-state index contributed by atoms with van der Waals surface area (Å²) in [5.74, 6) is 0. The standard InChI is InChI=1S/C14H15BrN4/c1-3-10-14(15)13(18(2)17-10)8-19-9-16-11-6-4-5-7-12(11)19/h4-7,9H,3,8H2,1-2H3. The maximum absolute atomic E-state index is 4.53. The second kappa shape index (κ2) is 4.81. The third-order valence-corrected chi connectivity index (χ3v) is 4.27. The minimum absolute atomic E-state index is 0.768. The van der Waals surface area contributed by atoms with Gasteiger partial charge in [-0.25, -0.2) is 4.98 Å². The quantitative estimate of drug-likeness (QED) is 0.743. The number of rotatable bonds is 3. The van der Waals surface area contributed by atoms with Crippen LogP contribution in [0.5, 0.6) is 0 Å². The predicted molar refractivity (Wildman–Crippen MR) is 79.1 cm³/mol. The van der Waals surface area contributed by atoms with E-state index in [1.807, 2.05) is 36.3 Å². The van der Waals surface area contributed by atoms with Crippen molar-refractivity contribution in [2.75, 3.05) is 0 Å². The summed E-state index contributed by atoms with van der Waals surface area (Å²) in [5, 5.41) is 4.53. The molecule has 0 aliphatic rings. The smallest absolute Gasteiger partial charge is 0.0962 e. The van der Waals surface area contributed by atoms with Gasteiger partial charge in [-0.3, -0.25) is 4.68 Å².